The number of ether oxygens (including phenoxy) is 1. The Kier molecular flexibility index (Phi) is 3.98. The van der Waals surface area contributed by atoms with E-state index in [2.05, 4.69) is 22.9 Å². The number of likely N-dealkylation sites (tertiary alicyclic amines) is 1. The minimum absolute atomic E-state index is 0.133. The van der Waals surface area contributed by atoms with Crippen LogP contribution in [0.15, 0.2) is 22.7 Å². The summed E-state index contributed by atoms with van der Waals surface area (Å²) < 4.78 is 20.7. The highest BCUT2D eigenvalue weighted by molar-refractivity contribution is 9.10. The summed E-state index contributed by atoms with van der Waals surface area (Å²) in [6.45, 7) is 9.02. The summed E-state index contributed by atoms with van der Waals surface area (Å²) in [5.74, 6) is 0.501. The van der Waals surface area contributed by atoms with Crippen LogP contribution in [0.5, 0.6) is 0 Å². The van der Waals surface area contributed by atoms with Crippen LogP contribution < -0.4 is 0 Å². The number of carbonyl (C=O) groups excluding carboxylic acids is 1. The molecule has 3 rings (SSSR count). The fraction of sp³-hybridized carbons (Fsp3) is 0.611. The molecule has 5 heteroatoms. The average Bonchev–Trinajstić information content (AvgIpc) is 2.83. The van der Waals surface area contributed by atoms with E-state index in [1.165, 1.54) is 6.07 Å². The van der Waals surface area contributed by atoms with Crippen molar-refractivity contribution in [3.05, 3.63) is 34.1 Å². The van der Waals surface area contributed by atoms with Gasteiger partial charge in [-0.15, -0.1) is 0 Å². The first-order valence-electron chi connectivity index (χ1n) is 8.12. The minimum Gasteiger partial charge on any atom is -0.444 e. The fourth-order valence-corrected chi connectivity index (χ4v) is 4.54. The third-order valence-electron chi connectivity index (χ3n) is 5.20. The maximum Gasteiger partial charge on any atom is 0.410 e. The molecule has 1 aliphatic heterocycles. The summed E-state index contributed by atoms with van der Waals surface area (Å²) in [5, 5.41) is 0. The van der Waals surface area contributed by atoms with Crippen molar-refractivity contribution in [3.8, 4) is 0 Å². The van der Waals surface area contributed by atoms with Crippen LogP contribution in [-0.2, 0) is 10.2 Å². The van der Waals surface area contributed by atoms with Crippen molar-refractivity contribution in [3.63, 3.8) is 0 Å². The van der Waals surface area contributed by atoms with Crippen molar-refractivity contribution in [1.82, 2.24) is 4.90 Å². The van der Waals surface area contributed by atoms with Crippen molar-refractivity contribution in [2.24, 2.45) is 11.8 Å². The molecule has 1 aromatic rings. The van der Waals surface area contributed by atoms with Crippen LogP contribution in [0.25, 0.3) is 0 Å². The first-order chi connectivity index (χ1) is 10.7. The predicted molar refractivity (Wildman–Crippen MR) is 90.9 cm³/mol. The molecule has 1 aromatic carbocycles. The van der Waals surface area contributed by atoms with Crippen LogP contribution >= 0.6 is 15.9 Å². The Morgan fingerprint density at radius 3 is 2.52 bits per heavy atom. The van der Waals surface area contributed by atoms with Crippen molar-refractivity contribution in [1.29, 1.82) is 0 Å². The van der Waals surface area contributed by atoms with E-state index in [0.717, 1.165) is 16.5 Å². The second-order valence-electron chi connectivity index (χ2n) is 7.62. The molecule has 0 N–H and O–H groups in total. The molecule has 0 bridgehead atoms. The molecule has 23 heavy (non-hydrogen) atoms. The molecule has 3 nitrogen and oxygen atoms in total. The van der Waals surface area contributed by atoms with E-state index in [4.69, 9.17) is 4.74 Å². The highest BCUT2D eigenvalue weighted by Crippen LogP contribution is 2.66. The summed E-state index contributed by atoms with van der Waals surface area (Å²) in [6.07, 6.45) is 0.627. The monoisotopic (exact) mass is 383 g/mol. The van der Waals surface area contributed by atoms with Crippen LogP contribution in [0.1, 0.15) is 39.7 Å². The van der Waals surface area contributed by atoms with Crippen LogP contribution in [0.4, 0.5) is 9.18 Å². The third kappa shape index (κ3) is 2.77. The largest absolute Gasteiger partial charge is 0.444 e. The molecule has 1 saturated heterocycles. The van der Waals surface area contributed by atoms with E-state index >= 15 is 0 Å². The summed E-state index contributed by atoms with van der Waals surface area (Å²) in [6, 6.07) is 5.15. The van der Waals surface area contributed by atoms with E-state index < -0.39 is 5.60 Å². The van der Waals surface area contributed by atoms with Gasteiger partial charge in [-0.2, -0.15) is 0 Å². The standard InChI is InChI=1S/C18H23BrFNO2/c1-5-18(12-8-11(19)6-7-15(12)20)13-9-21(10-14(13)18)16(22)23-17(2,3)4/h6-8,13-14H,5,9-10H2,1-4H3/t13-,14+,18-. The number of carbonyl (C=O) groups is 1. The summed E-state index contributed by atoms with van der Waals surface area (Å²) in [7, 11) is 0. The van der Waals surface area contributed by atoms with Crippen molar-refractivity contribution in [2.75, 3.05) is 13.1 Å². The van der Waals surface area contributed by atoms with Gasteiger partial charge < -0.3 is 9.64 Å². The van der Waals surface area contributed by atoms with Crippen molar-refractivity contribution >= 4 is 22.0 Å². The molecule has 1 saturated carbocycles. The van der Waals surface area contributed by atoms with E-state index in [-0.39, 0.29) is 17.3 Å². The highest BCUT2D eigenvalue weighted by Gasteiger charge is 2.69. The number of halogens is 2. The van der Waals surface area contributed by atoms with Crippen LogP contribution in [0.3, 0.4) is 0 Å². The van der Waals surface area contributed by atoms with Gasteiger partial charge in [0.05, 0.1) is 0 Å². The lowest BCUT2D eigenvalue weighted by molar-refractivity contribution is 0.0260. The van der Waals surface area contributed by atoms with Gasteiger partial charge in [0.15, 0.2) is 0 Å². The summed E-state index contributed by atoms with van der Waals surface area (Å²) in [5.41, 5.74) is 0.169. The van der Waals surface area contributed by atoms with E-state index in [1.807, 2.05) is 26.8 Å². The number of hydrogen-bond acceptors (Lipinski definition) is 2. The smallest absolute Gasteiger partial charge is 0.410 e. The second kappa shape index (κ2) is 5.47. The first-order valence-corrected chi connectivity index (χ1v) is 8.92. The zero-order valence-corrected chi connectivity index (χ0v) is 15.6. The van der Waals surface area contributed by atoms with Gasteiger partial charge in [-0.3, -0.25) is 0 Å². The number of amides is 1. The molecular formula is C18H23BrFNO2. The topological polar surface area (TPSA) is 29.5 Å². The van der Waals surface area contributed by atoms with Gasteiger partial charge in [-0.25, -0.2) is 9.18 Å². The van der Waals surface area contributed by atoms with Gasteiger partial charge in [-0.05, 0) is 62.8 Å². The molecule has 1 aliphatic carbocycles. The number of hydrogen-bond donors (Lipinski definition) is 0. The highest BCUT2D eigenvalue weighted by atomic mass is 79.9. The van der Waals surface area contributed by atoms with Gasteiger partial charge in [0.25, 0.3) is 0 Å². The van der Waals surface area contributed by atoms with E-state index in [9.17, 15) is 9.18 Å². The van der Waals surface area contributed by atoms with Gasteiger partial charge in [0, 0.05) is 23.0 Å². The molecular weight excluding hydrogens is 361 g/mol. The van der Waals surface area contributed by atoms with Crippen LogP contribution in [0, 0.1) is 17.7 Å². The molecule has 2 fully saturated rings. The lowest BCUT2D eigenvalue weighted by Gasteiger charge is -2.29. The lowest BCUT2D eigenvalue weighted by Crippen LogP contribution is -2.39. The fourth-order valence-electron chi connectivity index (χ4n) is 4.18. The molecule has 126 valence electrons. The lowest BCUT2D eigenvalue weighted by atomic mass is 9.87. The Bertz CT molecular complexity index is 628. The Labute approximate surface area is 145 Å². The number of piperidine rings is 1. The zero-order chi connectivity index (χ0) is 17.0. The number of rotatable bonds is 2. The quantitative estimate of drug-likeness (QED) is 0.738. The number of benzene rings is 1. The van der Waals surface area contributed by atoms with Crippen molar-refractivity contribution < 1.29 is 13.9 Å². The molecule has 0 radical (unpaired) electrons. The molecule has 0 aromatic heterocycles. The zero-order valence-electron chi connectivity index (χ0n) is 14.0. The minimum atomic E-state index is -0.484. The number of fused-ring (bicyclic) bond motifs is 1. The number of nitrogens with zero attached hydrogens (tertiary/aromatic N) is 1. The van der Waals surface area contributed by atoms with Crippen molar-refractivity contribution in [2.45, 2.75) is 45.1 Å². The van der Waals surface area contributed by atoms with Gasteiger partial charge in [-0.1, -0.05) is 22.9 Å². The normalized spacial score (nSPS) is 29.4. The van der Waals surface area contributed by atoms with E-state index in [1.54, 1.807) is 11.0 Å². The van der Waals surface area contributed by atoms with E-state index in [0.29, 0.717) is 24.9 Å². The van der Waals surface area contributed by atoms with Gasteiger partial charge >= 0.3 is 6.09 Å². The third-order valence-corrected chi connectivity index (χ3v) is 5.69. The first kappa shape index (κ1) is 16.7. The maximum atomic E-state index is 14.4. The summed E-state index contributed by atoms with van der Waals surface area (Å²) >= 11 is 3.44. The molecule has 1 amide bonds. The second-order valence-corrected chi connectivity index (χ2v) is 8.53. The average molecular weight is 384 g/mol. The Hall–Kier alpha value is -1.10. The Balaban J connectivity index is 1.77. The molecule has 3 atom stereocenters. The SMILES string of the molecule is CC[C@@]1(c2cc(Br)ccc2F)[C@@H]2CN(C(=O)OC(C)(C)C)C[C@@H]21. The summed E-state index contributed by atoms with van der Waals surface area (Å²) in [4.78, 5) is 14.0. The molecule has 0 spiro atoms. The Morgan fingerprint density at radius 1 is 1.39 bits per heavy atom. The predicted octanol–water partition coefficient (Wildman–Crippen LogP) is 4.73. The maximum absolute atomic E-state index is 14.4. The molecule has 2 aliphatic rings. The van der Waals surface area contributed by atoms with Crippen LogP contribution in [-0.4, -0.2) is 29.7 Å². The Morgan fingerprint density at radius 2 is 2.00 bits per heavy atom. The van der Waals surface area contributed by atoms with Gasteiger partial charge in [0.2, 0.25) is 0 Å². The molecule has 0 unspecified atom stereocenters. The van der Waals surface area contributed by atoms with Crippen LogP contribution in [0.2, 0.25) is 0 Å². The molecule has 1 heterocycles. The van der Waals surface area contributed by atoms with Gasteiger partial charge in [0.1, 0.15) is 11.4 Å².